The van der Waals surface area contributed by atoms with Crippen LogP contribution in [0.5, 0.6) is 0 Å². The van der Waals surface area contributed by atoms with Gasteiger partial charge in [0.25, 0.3) is 0 Å². The van der Waals surface area contributed by atoms with E-state index < -0.39 is 0 Å². The third-order valence-electron chi connectivity index (χ3n) is 3.81. The third kappa shape index (κ3) is 2.59. The highest BCUT2D eigenvalue weighted by Gasteiger charge is 2.26. The largest absolute Gasteiger partial charge is 0.372 e. The first-order valence-electron chi connectivity index (χ1n) is 7.16. The SMILES string of the molecule is CCc1ccc(NC2CCC(=O)NC2=O)c2ncccc12. The second kappa shape index (κ2) is 5.52. The van der Waals surface area contributed by atoms with Gasteiger partial charge in [-0.05, 0) is 30.5 Å². The quantitative estimate of drug-likeness (QED) is 0.845. The average Bonchev–Trinajstić information content (AvgIpc) is 2.50. The zero-order valence-electron chi connectivity index (χ0n) is 11.8. The number of nitrogens with one attached hydrogen (secondary N) is 2. The van der Waals surface area contributed by atoms with E-state index >= 15 is 0 Å². The average molecular weight is 283 g/mol. The molecule has 3 rings (SSSR count). The predicted molar refractivity (Wildman–Crippen MR) is 80.9 cm³/mol. The molecule has 1 atom stereocenters. The van der Waals surface area contributed by atoms with E-state index in [0.29, 0.717) is 12.8 Å². The van der Waals surface area contributed by atoms with Crippen molar-refractivity contribution in [2.24, 2.45) is 0 Å². The van der Waals surface area contributed by atoms with Gasteiger partial charge in [-0.2, -0.15) is 0 Å². The molecule has 0 saturated carbocycles. The summed E-state index contributed by atoms with van der Waals surface area (Å²) < 4.78 is 0. The van der Waals surface area contributed by atoms with Crippen molar-refractivity contribution in [2.75, 3.05) is 5.32 Å². The maximum absolute atomic E-state index is 11.9. The van der Waals surface area contributed by atoms with Crippen LogP contribution in [0, 0.1) is 0 Å². The van der Waals surface area contributed by atoms with Gasteiger partial charge in [0, 0.05) is 18.0 Å². The number of pyridine rings is 1. The molecule has 1 aliphatic rings. The Balaban J connectivity index is 1.94. The molecule has 2 aromatic rings. The Kier molecular flexibility index (Phi) is 3.56. The van der Waals surface area contributed by atoms with E-state index in [2.05, 4.69) is 28.6 Å². The Labute approximate surface area is 122 Å². The van der Waals surface area contributed by atoms with Crippen molar-refractivity contribution in [3.05, 3.63) is 36.0 Å². The lowest BCUT2D eigenvalue weighted by Gasteiger charge is -2.23. The Morgan fingerprint density at radius 1 is 1.33 bits per heavy atom. The lowest BCUT2D eigenvalue weighted by Crippen LogP contribution is -2.47. The van der Waals surface area contributed by atoms with Crippen LogP contribution in [0.2, 0.25) is 0 Å². The molecule has 1 aliphatic heterocycles. The molecule has 2 amide bonds. The van der Waals surface area contributed by atoms with Gasteiger partial charge in [-0.1, -0.05) is 19.1 Å². The van der Waals surface area contributed by atoms with E-state index in [1.165, 1.54) is 5.56 Å². The molecular weight excluding hydrogens is 266 g/mol. The summed E-state index contributed by atoms with van der Waals surface area (Å²) in [5.41, 5.74) is 2.92. The van der Waals surface area contributed by atoms with Crippen molar-refractivity contribution in [2.45, 2.75) is 32.2 Å². The highest BCUT2D eigenvalue weighted by Crippen LogP contribution is 2.26. The minimum absolute atomic E-state index is 0.206. The lowest BCUT2D eigenvalue weighted by atomic mass is 10.0. The molecule has 0 aliphatic carbocycles. The van der Waals surface area contributed by atoms with E-state index in [1.54, 1.807) is 6.20 Å². The number of imide groups is 1. The number of amides is 2. The van der Waals surface area contributed by atoms with E-state index in [4.69, 9.17) is 0 Å². The smallest absolute Gasteiger partial charge is 0.249 e. The van der Waals surface area contributed by atoms with Gasteiger partial charge in [0.1, 0.15) is 6.04 Å². The fraction of sp³-hybridized carbons (Fsp3) is 0.312. The molecule has 1 saturated heterocycles. The van der Waals surface area contributed by atoms with Crippen LogP contribution in [0.15, 0.2) is 30.5 Å². The van der Waals surface area contributed by atoms with Gasteiger partial charge >= 0.3 is 0 Å². The number of aryl methyl sites for hydroxylation is 1. The maximum Gasteiger partial charge on any atom is 0.249 e. The van der Waals surface area contributed by atoms with Crippen LogP contribution >= 0.6 is 0 Å². The molecule has 1 unspecified atom stereocenters. The number of anilines is 1. The van der Waals surface area contributed by atoms with Crippen molar-refractivity contribution >= 4 is 28.4 Å². The number of benzene rings is 1. The number of nitrogens with zero attached hydrogens (tertiary/aromatic N) is 1. The first-order chi connectivity index (χ1) is 10.2. The van der Waals surface area contributed by atoms with Gasteiger partial charge in [0.05, 0.1) is 11.2 Å². The molecule has 1 aromatic heterocycles. The molecule has 2 heterocycles. The number of fused-ring (bicyclic) bond motifs is 1. The summed E-state index contributed by atoms with van der Waals surface area (Å²) in [4.78, 5) is 27.5. The van der Waals surface area contributed by atoms with Crippen LogP contribution in [0.4, 0.5) is 5.69 Å². The number of piperidine rings is 1. The number of carbonyl (C=O) groups excluding carboxylic acids is 2. The Hall–Kier alpha value is -2.43. The summed E-state index contributed by atoms with van der Waals surface area (Å²) in [5.74, 6) is -0.475. The highest BCUT2D eigenvalue weighted by atomic mass is 16.2. The minimum atomic E-state index is -0.389. The number of hydrogen-bond donors (Lipinski definition) is 2. The van der Waals surface area contributed by atoms with Crippen LogP contribution in [0.3, 0.4) is 0 Å². The first kappa shape index (κ1) is 13.5. The van der Waals surface area contributed by atoms with Gasteiger partial charge in [0.2, 0.25) is 11.8 Å². The summed E-state index contributed by atoms with van der Waals surface area (Å²) in [5, 5.41) is 6.67. The molecule has 0 radical (unpaired) electrons. The molecule has 0 bridgehead atoms. The zero-order valence-corrected chi connectivity index (χ0v) is 11.8. The van der Waals surface area contributed by atoms with Crippen molar-refractivity contribution in [3.8, 4) is 0 Å². The van der Waals surface area contributed by atoms with Crippen molar-refractivity contribution in [1.29, 1.82) is 0 Å². The molecule has 0 spiro atoms. The van der Waals surface area contributed by atoms with Gasteiger partial charge in [-0.3, -0.25) is 19.9 Å². The molecule has 2 N–H and O–H groups in total. The summed E-state index contributed by atoms with van der Waals surface area (Å²) in [6.07, 6.45) is 3.55. The highest BCUT2D eigenvalue weighted by molar-refractivity contribution is 6.02. The van der Waals surface area contributed by atoms with Crippen LogP contribution in [0.1, 0.15) is 25.3 Å². The summed E-state index contributed by atoms with van der Waals surface area (Å²) in [6.45, 7) is 2.11. The molecule has 108 valence electrons. The molecule has 5 nitrogen and oxygen atoms in total. The molecule has 1 aromatic carbocycles. The first-order valence-corrected chi connectivity index (χ1v) is 7.16. The number of hydrogen-bond acceptors (Lipinski definition) is 4. The summed E-state index contributed by atoms with van der Waals surface area (Å²) in [6, 6.07) is 7.57. The number of aromatic nitrogens is 1. The lowest BCUT2D eigenvalue weighted by molar-refractivity contribution is -0.133. The standard InChI is InChI=1S/C16H17N3O2/c1-2-10-5-6-12(15-11(10)4-3-9-17-15)18-13-7-8-14(20)19-16(13)21/h3-6,9,13,18H,2,7-8H2,1H3,(H,19,20,21). The second-order valence-corrected chi connectivity index (χ2v) is 5.17. The molecule has 21 heavy (non-hydrogen) atoms. The Morgan fingerprint density at radius 2 is 2.19 bits per heavy atom. The predicted octanol–water partition coefficient (Wildman–Crippen LogP) is 2.01. The minimum Gasteiger partial charge on any atom is -0.372 e. The maximum atomic E-state index is 11.9. The van der Waals surface area contributed by atoms with Crippen molar-refractivity contribution in [1.82, 2.24) is 10.3 Å². The fourth-order valence-corrected chi connectivity index (χ4v) is 2.68. The molecular formula is C16H17N3O2. The number of carbonyl (C=O) groups is 2. The van der Waals surface area contributed by atoms with E-state index in [9.17, 15) is 9.59 Å². The van der Waals surface area contributed by atoms with Gasteiger partial charge in [-0.15, -0.1) is 0 Å². The van der Waals surface area contributed by atoms with E-state index in [0.717, 1.165) is 23.0 Å². The van der Waals surface area contributed by atoms with Crippen molar-refractivity contribution < 1.29 is 9.59 Å². The Morgan fingerprint density at radius 3 is 2.95 bits per heavy atom. The number of rotatable bonds is 3. The van der Waals surface area contributed by atoms with Crippen LogP contribution in [-0.4, -0.2) is 22.8 Å². The van der Waals surface area contributed by atoms with Crippen molar-refractivity contribution in [3.63, 3.8) is 0 Å². The normalized spacial score (nSPS) is 18.6. The topological polar surface area (TPSA) is 71.1 Å². The van der Waals surface area contributed by atoms with Gasteiger partial charge in [0.15, 0.2) is 0 Å². The van der Waals surface area contributed by atoms with Crippen LogP contribution in [0.25, 0.3) is 10.9 Å². The second-order valence-electron chi connectivity index (χ2n) is 5.17. The third-order valence-corrected chi connectivity index (χ3v) is 3.81. The summed E-state index contributed by atoms with van der Waals surface area (Å²) >= 11 is 0. The monoisotopic (exact) mass is 283 g/mol. The molecule has 1 fully saturated rings. The van der Waals surface area contributed by atoms with Crippen LogP contribution < -0.4 is 10.6 Å². The van der Waals surface area contributed by atoms with E-state index in [-0.39, 0.29) is 17.9 Å². The Bertz CT molecular complexity index is 712. The fourth-order valence-electron chi connectivity index (χ4n) is 2.68. The molecule has 5 heteroatoms. The van der Waals surface area contributed by atoms with Gasteiger partial charge < -0.3 is 5.32 Å². The zero-order chi connectivity index (χ0) is 14.8. The summed E-state index contributed by atoms with van der Waals surface area (Å²) in [7, 11) is 0. The van der Waals surface area contributed by atoms with Gasteiger partial charge in [-0.25, -0.2) is 0 Å². The van der Waals surface area contributed by atoms with Crippen LogP contribution in [-0.2, 0) is 16.0 Å². The van der Waals surface area contributed by atoms with E-state index in [1.807, 2.05) is 18.2 Å².